The molecule has 0 saturated carbocycles. The third-order valence-electron chi connectivity index (χ3n) is 3.37. The summed E-state index contributed by atoms with van der Waals surface area (Å²) in [6.07, 6.45) is 0. The Hall–Kier alpha value is -2.36. The molecule has 0 aliphatic rings. The predicted molar refractivity (Wildman–Crippen MR) is 79.4 cm³/mol. The van der Waals surface area contributed by atoms with E-state index in [0.29, 0.717) is 5.56 Å². The highest BCUT2D eigenvalue weighted by Crippen LogP contribution is 2.22. The van der Waals surface area contributed by atoms with Gasteiger partial charge in [-0.15, -0.1) is 0 Å². The lowest BCUT2D eigenvalue weighted by molar-refractivity contribution is 0.102. The number of aryl methyl sites for hydroxylation is 2. The van der Waals surface area contributed by atoms with Crippen LogP contribution in [-0.4, -0.2) is 5.91 Å². The van der Waals surface area contributed by atoms with E-state index in [4.69, 9.17) is 5.73 Å². The van der Waals surface area contributed by atoms with Gasteiger partial charge in [0.15, 0.2) is 0 Å². The Balaban J connectivity index is 2.34. The van der Waals surface area contributed by atoms with Crippen LogP contribution in [0.4, 0.5) is 15.8 Å². The van der Waals surface area contributed by atoms with Crippen molar-refractivity contribution in [3.8, 4) is 0 Å². The summed E-state index contributed by atoms with van der Waals surface area (Å²) in [5.41, 5.74) is 9.20. The smallest absolute Gasteiger partial charge is 0.255 e. The summed E-state index contributed by atoms with van der Waals surface area (Å²) in [5, 5.41) is 2.81. The van der Waals surface area contributed by atoms with Gasteiger partial charge in [0.25, 0.3) is 5.91 Å². The zero-order valence-electron chi connectivity index (χ0n) is 11.8. The zero-order chi connectivity index (χ0) is 14.9. The maximum atomic E-state index is 13.6. The van der Waals surface area contributed by atoms with E-state index in [1.54, 1.807) is 6.92 Å². The second-order valence-corrected chi connectivity index (χ2v) is 4.89. The van der Waals surface area contributed by atoms with Gasteiger partial charge in [-0.3, -0.25) is 4.79 Å². The number of hydrogen-bond donors (Lipinski definition) is 2. The van der Waals surface area contributed by atoms with Crippen molar-refractivity contribution in [3.05, 3.63) is 58.4 Å². The van der Waals surface area contributed by atoms with Crippen LogP contribution in [0, 0.1) is 26.6 Å². The van der Waals surface area contributed by atoms with Crippen LogP contribution in [0.1, 0.15) is 27.0 Å². The first-order valence-corrected chi connectivity index (χ1v) is 6.33. The van der Waals surface area contributed by atoms with Gasteiger partial charge in [-0.05, 0) is 44.0 Å². The first-order chi connectivity index (χ1) is 9.40. The van der Waals surface area contributed by atoms with Gasteiger partial charge in [0.05, 0.1) is 0 Å². The van der Waals surface area contributed by atoms with Crippen LogP contribution in [-0.2, 0) is 0 Å². The second-order valence-electron chi connectivity index (χ2n) is 4.89. The summed E-state index contributed by atoms with van der Waals surface area (Å²) >= 11 is 0. The minimum Gasteiger partial charge on any atom is -0.398 e. The quantitative estimate of drug-likeness (QED) is 0.821. The maximum Gasteiger partial charge on any atom is 0.255 e. The molecule has 104 valence electrons. The average Bonchev–Trinajstić information content (AvgIpc) is 2.39. The fraction of sp³-hybridized carbons (Fsp3) is 0.188. The SMILES string of the molecule is Cc1cccc(C)c1NC(=O)c1cc(N)c(C)c(F)c1. The summed E-state index contributed by atoms with van der Waals surface area (Å²) in [7, 11) is 0. The van der Waals surface area contributed by atoms with Crippen LogP contribution < -0.4 is 11.1 Å². The van der Waals surface area contributed by atoms with Gasteiger partial charge in [0.2, 0.25) is 0 Å². The van der Waals surface area contributed by atoms with Crippen molar-refractivity contribution in [2.45, 2.75) is 20.8 Å². The molecule has 20 heavy (non-hydrogen) atoms. The van der Waals surface area contributed by atoms with Crippen molar-refractivity contribution in [1.82, 2.24) is 0 Å². The van der Waals surface area contributed by atoms with Gasteiger partial charge in [0, 0.05) is 22.5 Å². The summed E-state index contributed by atoms with van der Waals surface area (Å²) in [4.78, 5) is 12.2. The molecule has 0 radical (unpaired) electrons. The Morgan fingerprint density at radius 2 is 1.75 bits per heavy atom. The third-order valence-corrected chi connectivity index (χ3v) is 3.37. The van der Waals surface area contributed by atoms with E-state index in [-0.39, 0.29) is 17.2 Å². The Morgan fingerprint density at radius 3 is 2.30 bits per heavy atom. The molecule has 0 aromatic heterocycles. The van der Waals surface area contributed by atoms with E-state index in [9.17, 15) is 9.18 Å². The molecule has 2 aromatic rings. The van der Waals surface area contributed by atoms with Crippen LogP contribution in [0.25, 0.3) is 0 Å². The largest absolute Gasteiger partial charge is 0.398 e. The number of anilines is 2. The summed E-state index contributed by atoms with van der Waals surface area (Å²) < 4.78 is 13.6. The molecule has 4 heteroatoms. The number of amides is 1. The molecule has 0 bridgehead atoms. The van der Waals surface area contributed by atoms with Crippen molar-refractivity contribution in [2.75, 3.05) is 11.1 Å². The standard InChI is InChI=1S/C16H17FN2O/c1-9-5-4-6-10(2)15(9)19-16(20)12-7-13(17)11(3)14(18)8-12/h4-8H,18H2,1-3H3,(H,19,20). The fourth-order valence-electron chi connectivity index (χ4n) is 2.03. The Kier molecular flexibility index (Phi) is 3.74. The highest BCUT2D eigenvalue weighted by Gasteiger charge is 2.13. The van der Waals surface area contributed by atoms with Crippen molar-refractivity contribution in [1.29, 1.82) is 0 Å². The van der Waals surface area contributed by atoms with Crippen LogP contribution >= 0.6 is 0 Å². The lowest BCUT2D eigenvalue weighted by Crippen LogP contribution is -2.14. The van der Waals surface area contributed by atoms with Crippen molar-refractivity contribution in [2.24, 2.45) is 0 Å². The molecule has 0 heterocycles. The molecule has 0 saturated heterocycles. The number of nitrogen functional groups attached to an aromatic ring is 1. The van der Waals surface area contributed by atoms with Crippen molar-refractivity contribution < 1.29 is 9.18 Å². The highest BCUT2D eigenvalue weighted by molar-refractivity contribution is 6.05. The van der Waals surface area contributed by atoms with Crippen LogP contribution in [0.3, 0.4) is 0 Å². The van der Waals surface area contributed by atoms with Gasteiger partial charge in [0.1, 0.15) is 5.82 Å². The van der Waals surface area contributed by atoms with Gasteiger partial charge in [-0.25, -0.2) is 4.39 Å². The number of nitrogens with one attached hydrogen (secondary N) is 1. The van der Waals surface area contributed by atoms with Gasteiger partial charge in [-0.1, -0.05) is 18.2 Å². The number of carbonyl (C=O) groups is 1. The van der Waals surface area contributed by atoms with E-state index < -0.39 is 5.82 Å². The minimum atomic E-state index is -0.475. The number of rotatable bonds is 2. The predicted octanol–water partition coefficient (Wildman–Crippen LogP) is 3.59. The molecule has 0 fully saturated rings. The van der Waals surface area contributed by atoms with Crippen LogP contribution in [0.2, 0.25) is 0 Å². The molecular weight excluding hydrogens is 255 g/mol. The van der Waals surface area contributed by atoms with E-state index >= 15 is 0 Å². The Bertz CT molecular complexity index is 637. The third kappa shape index (κ3) is 2.64. The minimum absolute atomic E-state index is 0.216. The molecule has 0 atom stereocenters. The first-order valence-electron chi connectivity index (χ1n) is 6.33. The van der Waals surface area contributed by atoms with Crippen LogP contribution in [0.15, 0.2) is 30.3 Å². The summed E-state index contributed by atoms with van der Waals surface area (Å²) in [6, 6.07) is 8.43. The Morgan fingerprint density at radius 1 is 1.15 bits per heavy atom. The van der Waals surface area contributed by atoms with E-state index in [1.807, 2.05) is 32.0 Å². The van der Waals surface area contributed by atoms with Gasteiger partial charge < -0.3 is 11.1 Å². The number of benzene rings is 2. The molecule has 0 spiro atoms. The topological polar surface area (TPSA) is 55.1 Å². The molecule has 0 unspecified atom stereocenters. The van der Waals surface area contributed by atoms with E-state index in [0.717, 1.165) is 16.8 Å². The number of nitrogens with two attached hydrogens (primary N) is 1. The normalized spacial score (nSPS) is 10.4. The van der Waals surface area contributed by atoms with Crippen molar-refractivity contribution in [3.63, 3.8) is 0 Å². The second kappa shape index (κ2) is 5.33. The van der Waals surface area contributed by atoms with Crippen molar-refractivity contribution >= 4 is 17.3 Å². The molecular formula is C16H17FN2O. The maximum absolute atomic E-state index is 13.6. The number of halogens is 1. The zero-order valence-corrected chi connectivity index (χ0v) is 11.8. The monoisotopic (exact) mass is 272 g/mol. The van der Waals surface area contributed by atoms with E-state index in [2.05, 4.69) is 5.32 Å². The van der Waals surface area contributed by atoms with Gasteiger partial charge in [-0.2, -0.15) is 0 Å². The van der Waals surface area contributed by atoms with E-state index in [1.165, 1.54) is 12.1 Å². The Labute approximate surface area is 117 Å². The highest BCUT2D eigenvalue weighted by atomic mass is 19.1. The molecule has 3 N–H and O–H groups in total. The molecule has 0 aliphatic heterocycles. The number of para-hydroxylation sites is 1. The number of hydrogen-bond acceptors (Lipinski definition) is 2. The average molecular weight is 272 g/mol. The lowest BCUT2D eigenvalue weighted by atomic mass is 10.1. The fourth-order valence-corrected chi connectivity index (χ4v) is 2.03. The molecule has 1 amide bonds. The molecule has 3 nitrogen and oxygen atoms in total. The van der Waals surface area contributed by atoms with Gasteiger partial charge >= 0.3 is 0 Å². The number of carbonyl (C=O) groups excluding carboxylic acids is 1. The summed E-state index contributed by atoms with van der Waals surface area (Å²) in [6.45, 7) is 5.40. The summed E-state index contributed by atoms with van der Waals surface area (Å²) in [5.74, 6) is -0.843. The molecule has 2 rings (SSSR count). The molecule has 2 aromatic carbocycles. The molecule has 0 aliphatic carbocycles. The first kappa shape index (κ1) is 14.1. The van der Waals surface area contributed by atoms with Crippen LogP contribution in [0.5, 0.6) is 0 Å². The lowest BCUT2D eigenvalue weighted by Gasteiger charge is -2.12.